The molecule has 0 radical (unpaired) electrons. The number of nitrogens with one attached hydrogen (secondary N) is 1. The van der Waals surface area contributed by atoms with Crippen molar-refractivity contribution in [2.45, 2.75) is 57.3 Å². The maximum absolute atomic E-state index is 13.5. The summed E-state index contributed by atoms with van der Waals surface area (Å²) in [5.41, 5.74) is 0.0978. The molecule has 1 fully saturated rings. The molecule has 0 heterocycles. The molecule has 0 aliphatic heterocycles. The van der Waals surface area contributed by atoms with Crippen molar-refractivity contribution in [3.8, 4) is 5.75 Å². The van der Waals surface area contributed by atoms with Gasteiger partial charge in [-0.15, -0.1) is 0 Å². The van der Waals surface area contributed by atoms with E-state index in [4.69, 9.17) is 32.7 Å². The Kier molecular flexibility index (Phi) is 8.51. The molecule has 172 valence electrons. The number of Topliss-reactive ketones (excluding diaryl/α,β-unsaturated/α-hetero) is 1. The summed E-state index contributed by atoms with van der Waals surface area (Å²) < 4.78 is 24.9. The van der Waals surface area contributed by atoms with E-state index in [-0.39, 0.29) is 29.3 Å². The molecule has 2 aromatic carbocycles. The molecule has 1 N–H and O–H groups in total. The van der Waals surface area contributed by atoms with Gasteiger partial charge in [-0.05, 0) is 55.5 Å². The highest BCUT2D eigenvalue weighted by atomic mass is 35.5. The smallest absolute Gasteiger partial charge is 0.258 e. The summed E-state index contributed by atoms with van der Waals surface area (Å²) >= 11 is 11.6. The van der Waals surface area contributed by atoms with Gasteiger partial charge in [0, 0.05) is 17.5 Å². The minimum atomic E-state index is -0.930. The molecule has 5 nitrogen and oxygen atoms in total. The number of ether oxygens (including phenoxy) is 2. The molecule has 0 spiro atoms. The zero-order chi connectivity index (χ0) is 23.1. The van der Waals surface area contributed by atoms with Crippen molar-refractivity contribution in [1.82, 2.24) is 5.32 Å². The van der Waals surface area contributed by atoms with E-state index in [1.807, 2.05) is 24.3 Å². The number of benzene rings is 2. The second-order valence-corrected chi connectivity index (χ2v) is 8.75. The van der Waals surface area contributed by atoms with Crippen LogP contribution in [0.2, 0.25) is 10.0 Å². The van der Waals surface area contributed by atoms with Crippen molar-refractivity contribution in [1.29, 1.82) is 0 Å². The maximum Gasteiger partial charge on any atom is 0.258 e. The molecule has 1 aliphatic carbocycles. The molecular weight excluding hydrogens is 456 g/mol. The molecule has 0 atom stereocenters. The highest BCUT2D eigenvalue weighted by molar-refractivity contribution is 6.30. The van der Waals surface area contributed by atoms with Crippen LogP contribution in [0.5, 0.6) is 5.75 Å². The van der Waals surface area contributed by atoms with Gasteiger partial charge in [-0.25, -0.2) is 4.39 Å². The fourth-order valence-corrected chi connectivity index (χ4v) is 4.12. The molecule has 2 aromatic rings. The molecule has 8 heteroatoms. The number of rotatable bonds is 9. The number of carbonyl (C=O) groups excluding carboxylic acids is 2. The van der Waals surface area contributed by atoms with E-state index in [0.29, 0.717) is 43.7 Å². The lowest BCUT2D eigenvalue weighted by Gasteiger charge is -2.39. The van der Waals surface area contributed by atoms with Crippen LogP contribution >= 0.6 is 23.2 Å². The zero-order valence-corrected chi connectivity index (χ0v) is 19.3. The maximum atomic E-state index is 13.5. The zero-order valence-electron chi connectivity index (χ0n) is 17.8. The molecule has 32 heavy (non-hydrogen) atoms. The van der Waals surface area contributed by atoms with Crippen LogP contribution in [-0.4, -0.2) is 29.9 Å². The van der Waals surface area contributed by atoms with Crippen LogP contribution in [-0.2, 0) is 20.9 Å². The first-order valence-corrected chi connectivity index (χ1v) is 11.3. The van der Waals surface area contributed by atoms with Crippen LogP contribution < -0.4 is 10.1 Å². The van der Waals surface area contributed by atoms with Crippen LogP contribution in [0.25, 0.3) is 0 Å². The van der Waals surface area contributed by atoms with E-state index >= 15 is 0 Å². The number of ketones is 1. The van der Waals surface area contributed by atoms with Crippen LogP contribution in [0.1, 0.15) is 44.6 Å². The second-order valence-electron chi connectivity index (χ2n) is 7.91. The van der Waals surface area contributed by atoms with Crippen molar-refractivity contribution in [3.05, 3.63) is 63.9 Å². The van der Waals surface area contributed by atoms with Gasteiger partial charge < -0.3 is 14.8 Å². The summed E-state index contributed by atoms with van der Waals surface area (Å²) in [6.07, 6.45) is 2.62. The lowest BCUT2D eigenvalue weighted by molar-refractivity contribution is -0.135. The van der Waals surface area contributed by atoms with Gasteiger partial charge in [0.15, 0.2) is 12.4 Å². The minimum absolute atomic E-state index is 0.00801. The Morgan fingerprint density at radius 1 is 1.12 bits per heavy atom. The topological polar surface area (TPSA) is 64.6 Å². The van der Waals surface area contributed by atoms with Crippen molar-refractivity contribution in [2.24, 2.45) is 0 Å². The molecular formula is C24H26Cl2FNO4. The van der Waals surface area contributed by atoms with Crippen molar-refractivity contribution < 1.29 is 23.5 Å². The third-order valence-electron chi connectivity index (χ3n) is 5.68. The summed E-state index contributed by atoms with van der Waals surface area (Å²) in [6.45, 7) is 1.93. The highest BCUT2D eigenvalue weighted by Gasteiger charge is 2.42. The predicted octanol–water partition coefficient (Wildman–Crippen LogP) is 5.50. The Morgan fingerprint density at radius 2 is 1.81 bits per heavy atom. The van der Waals surface area contributed by atoms with Crippen molar-refractivity contribution in [2.75, 3.05) is 6.61 Å². The number of halogens is 3. The van der Waals surface area contributed by atoms with Gasteiger partial charge in [0.25, 0.3) is 5.91 Å². The first kappa shape index (κ1) is 24.5. The van der Waals surface area contributed by atoms with E-state index in [1.165, 1.54) is 12.1 Å². The summed E-state index contributed by atoms with van der Waals surface area (Å²) in [6, 6.07) is 11.4. The Morgan fingerprint density at radius 3 is 2.44 bits per heavy atom. The van der Waals surface area contributed by atoms with E-state index in [0.717, 1.165) is 11.6 Å². The van der Waals surface area contributed by atoms with Gasteiger partial charge in [-0.3, -0.25) is 9.59 Å². The normalized spacial score (nSPS) is 20.6. The number of amides is 1. The standard InChI is InChI=1S/C24H26Cl2FNO4/c1-2-22(29)24(28-23(30)15-32-19-7-8-20(26)21(27)13-19)11-9-18(10-12-24)31-14-16-3-5-17(25)6-4-16/h3-8,13,18H,2,9-12,14-15H2,1H3,(H,28,30). The number of hydrogen-bond donors (Lipinski definition) is 1. The first-order valence-electron chi connectivity index (χ1n) is 10.6. The van der Waals surface area contributed by atoms with Crippen LogP contribution in [0.15, 0.2) is 42.5 Å². The van der Waals surface area contributed by atoms with Gasteiger partial charge in [0.1, 0.15) is 11.6 Å². The summed E-state index contributed by atoms with van der Waals surface area (Å²) in [7, 11) is 0. The van der Waals surface area contributed by atoms with E-state index in [2.05, 4.69) is 5.32 Å². The molecule has 0 aromatic heterocycles. The molecule has 0 unspecified atom stereocenters. The van der Waals surface area contributed by atoms with Crippen LogP contribution in [0, 0.1) is 5.82 Å². The van der Waals surface area contributed by atoms with Crippen LogP contribution in [0.3, 0.4) is 0 Å². The lowest BCUT2D eigenvalue weighted by Crippen LogP contribution is -2.57. The molecule has 3 rings (SSSR count). The monoisotopic (exact) mass is 481 g/mol. The minimum Gasteiger partial charge on any atom is -0.484 e. The summed E-state index contributed by atoms with van der Waals surface area (Å²) in [5.74, 6) is -0.876. The summed E-state index contributed by atoms with van der Waals surface area (Å²) in [5, 5.41) is 3.53. The average Bonchev–Trinajstić information content (AvgIpc) is 2.80. The molecule has 0 bridgehead atoms. The predicted molar refractivity (Wildman–Crippen MR) is 122 cm³/mol. The SMILES string of the molecule is CCC(=O)C1(NC(=O)COc2ccc(Cl)c(F)c2)CCC(OCc2ccc(Cl)cc2)CC1. The largest absolute Gasteiger partial charge is 0.484 e. The highest BCUT2D eigenvalue weighted by Crippen LogP contribution is 2.32. The Bertz CT molecular complexity index is 944. The number of carbonyl (C=O) groups is 2. The van der Waals surface area contributed by atoms with Gasteiger partial charge in [-0.2, -0.15) is 0 Å². The fraction of sp³-hybridized carbons (Fsp3) is 0.417. The molecule has 1 aliphatic rings. The van der Waals surface area contributed by atoms with Gasteiger partial charge >= 0.3 is 0 Å². The number of hydrogen-bond acceptors (Lipinski definition) is 4. The average molecular weight is 482 g/mol. The third-order valence-corrected chi connectivity index (χ3v) is 6.24. The molecule has 0 saturated heterocycles. The second kappa shape index (κ2) is 11.1. The van der Waals surface area contributed by atoms with Crippen molar-refractivity contribution in [3.63, 3.8) is 0 Å². The van der Waals surface area contributed by atoms with E-state index < -0.39 is 17.3 Å². The Balaban J connectivity index is 1.53. The van der Waals surface area contributed by atoms with Crippen LogP contribution in [0.4, 0.5) is 4.39 Å². The fourth-order valence-electron chi connectivity index (χ4n) is 3.88. The summed E-state index contributed by atoms with van der Waals surface area (Å²) in [4.78, 5) is 25.3. The van der Waals surface area contributed by atoms with E-state index in [9.17, 15) is 14.0 Å². The molecule has 1 saturated carbocycles. The first-order chi connectivity index (χ1) is 15.3. The van der Waals surface area contributed by atoms with E-state index in [1.54, 1.807) is 6.92 Å². The van der Waals surface area contributed by atoms with Gasteiger partial charge in [-0.1, -0.05) is 42.3 Å². The lowest BCUT2D eigenvalue weighted by atomic mass is 9.76. The van der Waals surface area contributed by atoms with Gasteiger partial charge in [0.05, 0.1) is 23.3 Å². The molecule has 1 amide bonds. The Labute approximate surface area is 197 Å². The van der Waals surface area contributed by atoms with Crippen molar-refractivity contribution >= 4 is 34.9 Å². The Hall–Kier alpha value is -2.15. The third kappa shape index (κ3) is 6.44. The van der Waals surface area contributed by atoms with Gasteiger partial charge in [0.2, 0.25) is 0 Å². The quantitative estimate of drug-likeness (QED) is 0.513.